The van der Waals surface area contributed by atoms with E-state index in [1.807, 2.05) is 0 Å². The van der Waals surface area contributed by atoms with Gasteiger partial charge in [-0.1, -0.05) is 137 Å². The highest BCUT2D eigenvalue weighted by Crippen LogP contribution is 2.25. The number of carbonyl (C=O) groups is 7. The maximum absolute atomic E-state index is 13.2. The highest BCUT2D eigenvalue weighted by Gasteiger charge is 2.25. The van der Waals surface area contributed by atoms with E-state index >= 15 is 0 Å². The molecule has 0 amide bonds. The fourth-order valence-electron chi connectivity index (χ4n) is 9.06. The summed E-state index contributed by atoms with van der Waals surface area (Å²) < 4.78 is 39.4. The average Bonchev–Trinajstić information content (AvgIpc) is 3.40. The monoisotopic (exact) mass is 1100 g/mol. The molecule has 0 aromatic carbocycles. The third-order valence-corrected chi connectivity index (χ3v) is 14.3. The van der Waals surface area contributed by atoms with Crippen LogP contribution in [-0.2, 0) is 66.7 Å². The highest BCUT2D eigenvalue weighted by atomic mass is 16.6. The number of unbranched alkanes of at least 4 members (excludes halogenated alkanes) is 17. The molecule has 1 N–H and O–H groups in total. The lowest BCUT2D eigenvalue weighted by molar-refractivity contribution is -0.155. The number of ether oxygens (including phenoxy) is 7. The predicted molar refractivity (Wildman–Crippen MR) is 299 cm³/mol. The van der Waals surface area contributed by atoms with Crippen molar-refractivity contribution in [2.24, 2.45) is 17.8 Å². The van der Waals surface area contributed by atoms with Crippen molar-refractivity contribution in [2.75, 3.05) is 65.9 Å². The molecule has 0 unspecified atom stereocenters. The zero-order valence-electron chi connectivity index (χ0n) is 48.9. The molecule has 0 heterocycles. The SMILES string of the molecule is CCCCCCCC(=O)OCC(CCCC(=O)OCC(COC(=O)CCCCN(CCO)C1CCC1)COC(=O)CCCC(COC(=O)CCCCCCC)COC(=O)CCCCCCC)COC(=O)CCCCCCC. The van der Waals surface area contributed by atoms with Crippen molar-refractivity contribution in [1.29, 1.82) is 0 Å². The van der Waals surface area contributed by atoms with Crippen LogP contribution in [0.15, 0.2) is 0 Å². The van der Waals surface area contributed by atoms with Crippen molar-refractivity contribution in [3.8, 4) is 0 Å². The first-order valence-electron chi connectivity index (χ1n) is 30.9. The lowest BCUT2D eigenvalue weighted by atomic mass is 9.91. The number of esters is 7. The standard InChI is InChI=1S/C61H109NO15/c1-5-9-13-17-21-34-55(64)71-44-51(45-72-56(65)35-22-18-14-10-6-2)30-27-39-60(69)76-49-53(48-75-59(68)38-25-26-41-62(42-43-63)54-32-29-33-54)50-77-61(70)40-28-31-52(46-73-57(66)36-23-19-15-11-7-3)47-74-58(67)37-24-20-16-12-8-4/h51-54,63H,5-50H2,1-4H3. The Balaban J connectivity index is 2.88. The van der Waals surface area contributed by atoms with E-state index in [0.717, 1.165) is 154 Å². The molecule has 0 aromatic heterocycles. The Morgan fingerprint density at radius 2 is 0.610 bits per heavy atom. The molecule has 0 aromatic rings. The van der Waals surface area contributed by atoms with Gasteiger partial charge in [0.1, 0.15) is 19.8 Å². The van der Waals surface area contributed by atoms with Gasteiger partial charge in [-0.15, -0.1) is 0 Å². The molecular weight excluding hydrogens is 987 g/mol. The molecule has 1 saturated carbocycles. The molecule has 1 fully saturated rings. The second-order valence-corrected chi connectivity index (χ2v) is 21.6. The van der Waals surface area contributed by atoms with Crippen LogP contribution < -0.4 is 0 Å². The molecule has 0 aliphatic heterocycles. The minimum absolute atomic E-state index is 0.0391. The molecule has 1 aliphatic rings. The maximum Gasteiger partial charge on any atom is 0.305 e. The van der Waals surface area contributed by atoms with Crippen molar-refractivity contribution in [3.05, 3.63) is 0 Å². The van der Waals surface area contributed by atoms with Crippen LogP contribution in [0.5, 0.6) is 0 Å². The fraction of sp³-hybridized carbons (Fsp3) is 0.885. The van der Waals surface area contributed by atoms with Crippen LogP contribution in [-0.4, -0.2) is 124 Å². The quantitative estimate of drug-likeness (QED) is 0.0341. The molecule has 77 heavy (non-hydrogen) atoms. The Bertz CT molecular complexity index is 1380. The van der Waals surface area contributed by atoms with E-state index in [9.17, 15) is 38.7 Å². The van der Waals surface area contributed by atoms with E-state index < -0.39 is 23.8 Å². The Morgan fingerprint density at radius 1 is 0.351 bits per heavy atom. The van der Waals surface area contributed by atoms with Crippen LogP contribution in [0, 0.1) is 17.8 Å². The van der Waals surface area contributed by atoms with Crippen LogP contribution in [0.4, 0.5) is 0 Å². The van der Waals surface area contributed by atoms with Crippen molar-refractivity contribution in [3.63, 3.8) is 0 Å². The molecule has 1 rings (SSSR count). The molecule has 0 radical (unpaired) electrons. The van der Waals surface area contributed by atoms with Gasteiger partial charge in [-0.3, -0.25) is 38.5 Å². The van der Waals surface area contributed by atoms with Gasteiger partial charge in [0, 0.05) is 69.4 Å². The summed E-state index contributed by atoms with van der Waals surface area (Å²) in [6, 6.07) is 0.487. The van der Waals surface area contributed by atoms with Gasteiger partial charge >= 0.3 is 41.8 Å². The number of rotatable bonds is 54. The molecule has 0 spiro atoms. The number of hydrogen-bond acceptors (Lipinski definition) is 16. The molecule has 0 saturated heterocycles. The summed E-state index contributed by atoms with van der Waals surface area (Å²) in [5.74, 6) is -3.81. The van der Waals surface area contributed by atoms with Crippen molar-refractivity contribution < 1.29 is 71.8 Å². The molecule has 16 heteroatoms. The van der Waals surface area contributed by atoms with Gasteiger partial charge in [-0.2, -0.15) is 0 Å². The van der Waals surface area contributed by atoms with E-state index in [4.69, 9.17) is 33.2 Å². The van der Waals surface area contributed by atoms with E-state index in [-0.39, 0.29) is 108 Å². The van der Waals surface area contributed by atoms with E-state index in [1.165, 1.54) is 6.42 Å². The van der Waals surface area contributed by atoms with Gasteiger partial charge in [0.25, 0.3) is 0 Å². The van der Waals surface area contributed by atoms with Crippen LogP contribution in [0.3, 0.4) is 0 Å². The normalized spacial score (nSPS) is 12.5. The molecule has 16 nitrogen and oxygen atoms in total. The number of aliphatic hydroxyl groups excluding tert-OH is 1. The number of hydrogen-bond donors (Lipinski definition) is 1. The zero-order chi connectivity index (χ0) is 56.4. The van der Waals surface area contributed by atoms with Crippen molar-refractivity contribution in [2.45, 2.75) is 265 Å². The molecule has 1 aliphatic carbocycles. The molecule has 0 bridgehead atoms. The minimum atomic E-state index is -0.642. The average molecular weight is 1100 g/mol. The first kappa shape index (κ1) is 71.2. The Hall–Kier alpha value is -3.79. The van der Waals surface area contributed by atoms with Gasteiger partial charge in [0.2, 0.25) is 0 Å². The maximum atomic E-state index is 13.2. The number of aliphatic hydroxyl groups is 1. The second kappa shape index (κ2) is 50.4. The molecule has 448 valence electrons. The van der Waals surface area contributed by atoms with Crippen molar-refractivity contribution >= 4 is 41.8 Å². The first-order valence-corrected chi connectivity index (χ1v) is 30.9. The minimum Gasteiger partial charge on any atom is -0.465 e. The molecule has 0 atom stereocenters. The largest absolute Gasteiger partial charge is 0.465 e. The zero-order valence-corrected chi connectivity index (χ0v) is 48.9. The lowest BCUT2D eigenvalue weighted by Crippen LogP contribution is -2.42. The topological polar surface area (TPSA) is 208 Å². The lowest BCUT2D eigenvalue weighted by Gasteiger charge is -2.37. The third kappa shape index (κ3) is 42.8. The van der Waals surface area contributed by atoms with Gasteiger partial charge in [0.05, 0.1) is 39.0 Å². The van der Waals surface area contributed by atoms with Gasteiger partial charge in [-0.25, -0.2) is 0 Å². The Kier molecular flexibility index (Phi) is 46.6. The van der Waals surface area contributed by atoms with Crippen LogP contribution in [0.25, 0.3) is 0 Å². The van der Waals surface area contributed by atoms with Crippen LogP contribution in [0.1, 0.15) is 259 Å². The summed E-state index contributed by atoms with van der Waals surface area (Å²) >= 11 is 0. The van der Waals surface area contributed by atoms with Gasteiger partial charge in [-0.05, 0) is 83.6 Å². The summed E-state index contributed by atoms with van der Waals surface area (Å²) in [6.07, 6.45) is 28.2. The van der Waals surface area contributed by atoms with E-state index in [1.54, 1.807) is 0 Å². The second-order valence-electron chi connectivity index (χ2n) is 21.6. The predicted octanol–water partition coefficient (Wildman–Crippen LogP) is 12.4. The van der Waals surface area contributed by atoms with Crippen LogP contribution in [0.2, 0.25) is 0 Å². The van der Waals surface area contributed by atoms with E-state index in [0.29, 0.717) is 70.4 Å². The molecular formula is C61H109NO15. The summed E-state index contributed by atoms with van der Waals surface area (Å²) in [5.41, 5.74) is 0. The summed E-state index contributed by atoms with van der Waals surface area (Å²) in [5, 5.41) is 9.52. The summed E-state index contributed by atoms with van der Waals surface area (Å²) in [7, 11) is 0. The van der Waals surface area contributed by atoms with E-state index in [2.05, 4.69) is 32.6 Å². The van der Waals surface area contributed by atoms with Gasteiger partial charge < -0.3 is 38.3 Å². The smallest absolute Gasteiger partial charge is 0.305 e. The number of carbonyl (C=O) groups excluding carboxylic acids is 7. The number of nitrogens with zero attached hydrogens (tertiary/aromatic N) is 1. The Morgan fingerprint density at radius 3 is 0.870 bits per heavy atom. The fourth-order valence-corrected chi connectivity index (χ4v) is 9.06. The van der Waals surface area contributed by atoms with Crippen molar-refractivity contribution in [1.82, 2.24) is 4.90 Å². The van der Waals surface area contributed by atoms with Gasteiger partial charge in [0.15, 0.2) is 0 Å². The summed E-state index contributed by atoms with van der Waals surface area (Å²) in [4.78, 5) is 91.8. The third-order valence-electron chi connectivity index (χ3n) is 14.3. The first-order chi connectivity index (χ1) is 37.4. The van der Waals surface area contributed by atoms with Crippen LogP contribution >= 0.6 is 0 Å². The Labute approximate surface area is 465 Å². The highest BCUT2D eigenvalue weighted by molar-refractivity contribution is 5.71. The summed E-state index contributed by atoms with van der Waals surface area (Å²) in [6.45, 7) is 9.90.